The highest BCUT2D eigenvalue weighted by Crippen LogP contribution is 2.22. The molecule has 2 aromatic heterocycles. The monoisotopic (exact) mass is 329 g/mol. The van der Waals surface area contributed by atoms with E-state index in [0.29, 0.717) is 5.02 Å². The van der Waals surface area contributed by atoms with Gasteiger partial charge in [0.05, 0.1) is 9.50 Å². The maximum atomic E-state index is 5.83. The van der Waals surface area contributed by atoms with E-state index in [1.54, 1.807) is 6.20 Å². The predicted molar refractivity (Wildman–Crippen MR) is 74.9 cm³/mol. The van der Waals surface area contributed by atoms with Crippen molar-refractivity contribution in [3.8, 4) is 0 Å². The zero-order valence-electron chi connectivity index (χ0n) is 10.1. The van der Waals surface area contributed by atoms with E-state index >= 15 is 0 Å². The summed E-state index contributed by atoms with van der Waals surface area (Å²) in [5, 5.41) is 12.0. The Balaban J connectivity index is 1.94. The van der Waals surface area contributed by atoms with E-state index in [0.717, 1.165) is 34.9 Å². The number of aryl methyl sites for hydroxylation is 1. The molecular weight excluding hydrogens is 318 g/mol. The van der Waals surface area contributed by atoms with Crippen LogP contribution in [-0.4, -0.2) is 26.3 Å². The maximum absolute atomic E-state index is 5.83. The van der Waals surface area contributed by atoms with E-state index in [2.05, 4.69) is 36.4 Å². The first-order chi connectivity index (χ1) is 8.58. The Labute approximate surface area is 119 Å². The van der Waals surface area contributed by atoms with Crippen LogP contribution in [0.5, 0.6) is 0 Å². The quantitative estimate of drug-likeness (QED) is 0.936. The largest absolute Gasteiger partial charge is 0.369 e. The van der Waals surface area contributed by atoms with Crippen molar-refractivity contribution in [2.45, 2.75) is 13.3 Å². The van der Waals surface area contributed by atoms with Gasteiger partial charge in [-0.3, -0.25) is 0 Å². The second-order valence-corrected chi connectivity index (χ2v) is 5.17. The van der Waals surface area contributed by atoms with Crippen LogP contribution < -0.4 is 5.32 Å². The summed E-state index contributed by atoms with van der Waals surface area (Å²) < 4.78 is 2.83. The standard InChI is InChI=1S/C11H13BrClN5/c1-7-16-17-10(18(7)2)3-4-14-11-9(12)5-8(13)6-15-11/h5-6H,3-4H2,1-2H3,(H,14,15). The fourth-order valence-corrected chi connectivity index (χ4v) is 2.28. The maximum Gasteiger partial charge on any atom is 0.140 e. The van der Waals surface area contributed by atoms with E-state index < -0.39 is 0 Å². The van der Waals surface area contributed by atoms with Crippen molar-refractivity contribution in [1.82, 2.24) is 19.7 Å². The van der Waals surface area contributed by atoms with Crippen LogP contribution in [0.1, 0.15) is 11.6 Å². The van der Waals surface area contributed by atoms with Crippen LogP contribution in [0.2, 0.25) is 5.02 Å². The summed E-state index contributed by atoms with van der Waals surface area (Å²) in [6, 6.07) is 1.81. The second-order valence-electron chi connectivity index (χ2n) is 3.88. The zero-order valence-corrected chi connectivity index (χ0v) is 12.5. The number of halogens is 2. The first kappa shape index (κ1) is 13.3. The number of anilines is 1. The van der Waals surface area contributed by atoms with Gasteiger partial charge >= 0.3 is 0 Å². The molecule has 0 fully saturated rings. The third-order valence-corrected chi connectivity index (χ3v) is 3.44. The Hall–Kier alpha value is -1.14. The van der Waals surface area contributed by atoms with Crippen molar-refractivity contribution in [3.63, 3.8) is 0 Å². The molecule has 2 aromatic rings. The Bertz CT molecular complexity index is 554. The van der Waals surface area contributed by atoms with Crippen molar-refractivity contribution in [3.05, 3.63) is 33.4 Å². The molecule has 5 nitrogen and oxygen atoms in total. The average Bonchev–Trinajstić information content (AvgIpc) is 2.64. The van der Waals surface area contributed by atoms with Gasteiger partial charge in [-0.15, -0.1) is 10.2 Å². The molecule has 0 aromatic carbocycles. The van der Waals surface area contributed by atoms with E-state index in [-0.39, 0.29) is 0 Å². The first-order valence-electron chi connectivity index (χ1n) is 5.47. The van der Waals surface area contributed by atoms with Gasteiger partial charge in [0.2, 0.25) is 0 Å². The number of aromatic nitrogens is 4. The molecule has 1 N–H and O–H groups in total. The molecule has 0 spiro atoms. The van der Waals surface area contributed by atoms with Crippen LogP contribution in [0, 0.1) is 6.92 Å². The predicted octanol–water partition coefficient (Wildman–Crippen LogP) is 2.59. The van der Waals surface area contributed by atoms with Crippen LogP contribution >= 0.6 is 27.5 Å². The summed E-state index contributed by atoms with van der Waals surface area (Å²) in [5.74, 6) is 2.64. The van der Waals surface area contributed by atoms with Crippen LogP contribution in [-0.2, 0) is 13.5 Å². The van der Waals surface area contributed by atoms with E-state index in [1.807, 2.05) is 24.6 Å². The van der Waals surface area contributed by atoms with Crippen molar-refractivity contribution < 1.29 is 0 Å². The third-order valence-electron chi connectivity index (χ3n) is 2.63. The molecule has 0 atom stereocenters. The molecule has 0 unspecified atom stereocenters. The van der Waals surface area contributed by atoms with Gasteiger partial charge in [-0.25, -0.2) is 4.98 Å². The molecule has 2 heterocycles. The lowest BCUT2D eigenvalue weighted by Gasteiger charge is -2.07. The summed E-state index contributed by atoms with van der Waals surface area (Å²) in [6.45, 7) is 2.67. The molecule has 0 saturated carbocycles. The number of hydrogen-bond acceptors (Lipinski definition) is 4. The van der Waals surface area contributed by atoms with Gasteiger partial charge in [0.1, 0.15) is 17.5 Å². The molecular formula is C11H13BrClN5. The highest BCUT2D eigenvalue weighted by Gasteiger charge is 2.06. The van der Waals surface area contributed by atoms with Crippen LogP contribution in [0.4, 0.5) is 5.82 Å². The summed E-state index contributed by atoms with van der Waals surface area (Å²) >= 11 is 9.24. The normalized spacial score (nSPS) is 10.7. The molecule has 0 amide bonds. The van der Waals surface area contributed by atoms with Crippen molar-refractivity contribution in [2.24, 2.45) is 7.05 Å². The van der Waals surface area contributed by atoms with E-state index in [1.165, 1.54) is 0 Å². The molecule has 7 heteroatoms. The van der Waals surface area contributed by atoms with Crippen molar-refractivity contribution >= 4 is 33.3 Å². The van der Waals surface area contributed by atoms with Gasteiger partial charge in [0.15, 0.2) is 0 Å². The molecule has 0 aliphatic rings. The van der Waals surface area contributed by atoms with Crippen molar-refractivity contribution in [1.29, 1.82) is 0 Å². The van der Waals surface area contributed by atoms with Crippen LogP contribution in [0.15, 0.2) is 16.7 Å². The number of rotatable bonds is 4. The van der Waals surface area contributed by atoms with Gasteiger partial charge in [-0.2, -0.15) is 0 Å². The van der Waals surface area contributed by atoms with Gasteiger partial charge < -0.3 is 9.88 Å². The zero-order chi connectivity index (χ0) is 13.1. The third kappa shape index (κ3) is 3.00. The fraction of sp³-hybridized carbons (Fsp3) is 0.364. The number of nitrogens with zero attached hydrogens (tertiary/aromatic N) is 4. The lowest BCUT2D eigenvalue weighted by molar-refractivity contribution is 0.770. The Morgan fingerprint density at radius 3 is 2.83 bits per heavy atom. The molecule has 18 heavy (non-hydrogen) atoms. The highest BCUT2D eigenvalue weighted by atomic mass is 79.9. The summed E-state index contributed by atoms with van der Waals surface area (Å²) in [4.78, 5) is 4.20. The topological polar surface area (TPSA) is 55.6 Å². The number of hydrogen-bond donors (Lipinski definition) is 1. The number of nitrogens with one attached hydrogen (secondary N) is 1. The minimum absolute atomic E-state index is 0.608. The molecule has 0 bridgehead atoms. The van der Waals surface area contributed by atoms with E-state index in [9.17, 15) is 0 Å². The first-order valence-corrected chi connectivity index (χ1v) is 6.65. The SMILES string of the molecule is Cc1nnc(CCNc2ncc(Cl)cc2Br)n1C. The summed E-state index contributed by atoms with van der Waals surface area (Å²) in [7, 11) is 1.96. The van der Waals surface area contributed by atoms with Gasteiger partial charge in [-0.05, 0) is 28.9 Å². The van der Waals surface area contributed by atoms with Gasteiger partial charge in [0.25, 0.3) is 0 Å². The average molecular weight is 331 g/mol. The Morgan fingerprint density at radius 1 is 1.44 bits per heavy atom. The molecule has 0 radical (unpaired) electrons. The second kappa shape index (κ2) is 5.67. The summed E-state index contributed by atoms with van der Waals surface area (Å²) in [6.07, 6.45) is 2.40. The Kier molecular flexibility index (Phi) is 4.19. The van der Waals surface area contributed by atoms with Gasteiger partial charge in [-0.1, -0.05) is 11.6 Å². The highest BCUT2D eigenvalue weighted by molar-refractivity contribution is 9.10. The smallest absolute Gasteiger partial charge is 0.140 e. The van der Waals surface area contributed by atoms with Crippen LogP contribution in [0.25, 0.3) is 0 Å². The van der Waals surface area contributed by atoms with Crippen molar-refractivity contribution in [2.75, 3.05) is 11.9 Å². The lowest BCUT2D eigenvalue weighted by Crippen LogP contribution is -2.10. The molecule has 2 rings (SSSR count). The minimum atomic E-state index is 0.608. The van der Waals surface area contributed by atoms with E-state index in [4.69, 9.17) is 11.6 Å². The molecule has 0 aliphatic carbocycles. The number of pyridine rings is 1. The minimum Gasteiger partial charge on any atom is -0.369 e. The lowest BCUT2D eigenvalue weighted by atomic mass is 10.4. The molecule has 0 saturated heterocycles. The van der Waals surface area contributed by atoms with Gasteiger partial charge in [0, 0.05) is 26.2 Å². The molecule has 0 aliphatic heterocycles. The molecule has 96 valence electrons. The Morgan fingerprint density at radius 2 is 2.22 bits per heavy atom. The van der Waals surface area contributed by atoms with Crippen LogP contribution in [0.3, 0.4) is 0 Å². The fourth-order valence-electron chi connectivity index (χ4n) is 1.51. The summed E-state index contributed by atoms with van der Waals surface area (Å²) in [5.41, 5.74) is 0.